The zero-order chi connectivity index (χ0) is 9.00. The van der Waals surface area contributed by atoms with Gasteiger partial charge in [0.2, 0.25) is 5.91 Å². The first kappa shape index (κ1) is 6.95. The van der Waals surface area contributed by atoms with Crippen molar-refractivity contribution in [3.8, 4) is 5.75 Å². The molecule has 0 saturated heterocycles. The molecule has 0 atom stereocenters. The first-order valence-electron chi connectivity index (χ1n) is 4.41. The van der Waals surface area contributed by atoms with E-state index in [0.717, 1.165) is 29.8 Å². The second kappa shape index (κ2) is 2.05. The maximum Gasteiger partial charge on any atom is 0.231 e. The molecule has 0 aromatic heterocycles. The van der Waals surface area contributed by atoms with E-state index in [9.17, 15) is 9.90 Å². The molecule has 1 aromatic carbocycles. The SMILES string of the molecule is O=C1Cc2ccc(O)c3c2N1CC3. The van der Waals surface area contributed by atoms with Gasteiger partial charge in [-0.15, -0.1) is 0 Å². The number of nitrogens with zero attached hydrogens (tertiary/aromatic N) is 1. The highest BCUT2D eigenvalue weighted by atomic mass is 16.3. The van der Waals surface area contributed by atoms with Gasteiger partial charge in [-0.2, -0.15) is 0 Å². The van der Waals surface area contributed by atoms with Crippen LogP contribution in [0.3, 0.4) is 0 Å². The standard InChI is InChI=1S/C10H9NO2/c12-8-2-1-6-5-9(13)11-4-3-7(8)10(6)11/h1-2,12H,3-5H2. The van der Waals surface area contributed by atoms with Crippen molar-refractivity contribution >= 4 is 11.6 Å². The van der Waals surface area contributed by atoms with E-state index in [1.54, 1.807) is 11.0 Å². The highest BCUT2D eigenvalue weighted by Gasteiger charge is 2.34. The third-order valence-electron chi connectivity index (χ3n) is 2.84. The number of benzene rings is 1. The summed E-state index contributed by atoms with van der Waals surface area (Å²) in [5, 5.41) is 9.55. The Labute approximate surface area is 75.6 Å². The summed E-state index contributed by atoms with van der Waals surface area (Å²) < 4.78 is 0. The van der Waals surface area contributed by atoms with Gasteiger partial charge in [0.1, 0.15) is 5.75 Å². The number of rotatable bonds is 0. The first-order valence-corrected chi connectivity index (χ1v) is 4.41. The van der Waals surface area contributed by atoms with Gasteiger partial charge < -0.3 is 10.0 Å². The Balaban J connectivity index is 2.32. The summed E-state index contributed by atoms with van der Waals surface area (Å²) >= 11 is 0. The summed E-state index contributed by atoms with van der Waals surface area (Å²) in [7, 11) is 0. The number of phenols is 1. The van der Waals surface area contributed by atoms with Crippen molar-refractivity contribution in [2.24, 2.45) is 0 Å². The van der Waals surface area contributed by atoms with Gasteiger partial charge in [0.05, 0.1) is 12.1 Å². The minimum atomic E-state index is 0.166. The molecule has 0 fully saturated rings. The average molecular weight is 175 g/mol. The highest BCUT2D eigenvalue weighted by Crippen LogP contribution is 2.41. The van der Waals surface area contributed by atoms with Crippen LogP contribution < -0.4 is 4.90 Å². The normalized spacial score (nSPS) is 18.2. The lowest BCUT2D eigenvalue weighted by Gasteiger charge is -2.08. The van der Waals surface area contributed by atoms with Gasteiger partial charge in [-0.25, -0.2) is 0 Å². The Hall–Kier alpha value is -1.51. The fraction of sp³-hybridized carbons (Fsp3) is 0.300. The van der Waals surface area contributed by atoms with E-state index >= 15 is 0 Å². The molecule has 3 rings (SSSR count). The molecule has 1 amide bonds. The Bertz CT molecular complexity index is 412. The van der Waals surface area contributed by atoms with Gasteiger partial charge in [0.15, 0.2) is 0 Å². The number of amides is 1. The third kappa shape index (κ3) is 0.716. The number of hydrogen-bond acceptors (Lipinski definition) is 2. The lowest BCUT2D eigenvalue weighted by molar-refractivity contribution is -0.117. The smallest absolute Gasteiger partial charge is 0.231 e. The molecule has 0 radical (unpaired) electrons. The maximum atomic E-state index is 11.5. The number of carbonyl (C=O) groups excluding carboxylic acids is 1. The molecule has 2 aliphatic rings. The zero-order valence-electron chi connectivity index (χ0n) is 7.08. The van der Waals surface area contributed by atoms with E-state index in [1.807, 2.05) is 6.07 Å². The lowest BCUT2D eigenvalue weighted by Crippen LogP contribution is -2.24. The van der Waals surface area contributed by atoms with Crippen LogP contribution in [0.15, 0.2) is 12.1 Å². The highest BCUT2D eigenvalue weighted by molar-refractivity contribution is 6.04. The predicted octanol–water partition coefficient (Wildman–Crippen LogP) is 0.837. The molecule has 2 heterocycles. The van der Waals surface area contributed by atoms with Crippen molar-refractivity contribution in [2.45, 2.75) is 12.8 Å². The molecule has 0 spiro atoms. The molecule has 1 N–H and O–H groups in total. The van der Waals surface area contributed by atoms with Crippen LogP contribution in [0.25, 0.3) is 0 Å². The quantitative estimate of drug-likeness (QED) is 0.634. The topological polar surface area (TPSA) is 40.5 Å². The molecular formula is C10H9NO2. The average Bonchev–Trinajstić information content (AvgIpc) is 2.64. The van der Waals surface area contributed by atoms with Crippen LogP contribution in [-0.2, 0) is 17.6 Å². The van der Waals surface area contributed by atoms with Crippen LogP contribution >= 0.6 is 0 Å². The van der Waals surface area contributed by atoms with Crippen molar-refractivity contribution in [2.75, 3.05) is 11.4 Å². The molecule has 3 heteroatoms. The zero-order valence-corrected chi connectivity index (χ0v) is 7.08. The van der Waals surface area contributed by atoms with Crippen LogP contribution in [0.2, 0.25) is 0 Å². The largest absolute Gasteiger partial charge is 0.508 e. The Kier molecular flexibility index (Phi) is 1.09. The fourth-order valence-electron chi connectivity index (χ4n) is 2.24. The number of hydrogen-bond donors (Lipinski definition) is 1. The molecule has 66 valence electrons. The summed E-state index contributed by atoms with van der Waals surface area (Å²) in [6.45, 7) is 0.735. The molecule has 0 unspecified atom stereocenters. The monoisotopic (exact) mass is 175 g/mol. The molecule has 1 aromatic rings. The molecule has 0 saturated carbocycles. The molecule has 0 aliphatic carbocycles. The Morgan fingerprint density at radius 2 is 2.23 bits per heavy atom. The second-order valence-corrected chi connectivity index (χ2v) is 3.54. The fourth-order valence-corrected chi connectivity index (χ4v) is 2.24. The summed E-state index contributed by atoms with van der Waals surface area (Å²) in [4.78, 5) is 13.2. The second-order valence-electron chi connectivity index (χ2n) is 3.54. The van der Waals surface area contributed by atoms with Gasteiger partial charge in [-0.3, -0.25) is 4.79 Å². The van der Waals surface area contributed by atoms with Crippen LogP contribution in [0.5, 0.6) is 5.75 Å². The molecular weight excluding hydrogens is 166 g/mol. The molecule has 13 heavy (non-hydrogen) atoms. The van der Waals surface area contributed by atoms with E-state index in [2.05, 4.69) is 0 Å². The molecule has 0 bridgehead atoms. The van der Waals surface area contributed by atoms with Gasteiger partial charge in [0.25, 0.3) is 0 Å². The first-order chi connectivity index (χ1) is 6.27. The molecule has 3 nitrogen and oxygen atoms in total. The Morgan fingerprint density at radius 1 is 1.38 bits per heavy atom. The summed E-state index contributed by atoms with van der Waals surface area (Å²) in [6.07, 6.45) is 1.29. The van der Waals surface area contributed by atoms with E-state index in [4.69, 9.17) is 0 Å². The number of aromatic hydroxyl groups is 1. The molecule has 2 aliphatic heterocycles. The summed E-state index contributed by atoms with van der Waals surface area (Å²) in [6, 6.07) is 3.54. The Morgan fingerprint density at radius 3 is 3.08 bits per heavy atom. The van der Waals surface area contributed by atoms with Gasteiger partial charge in [0, 0.05) is 12.1 Å². The van der Waals surface area contributed by atoms with Crippen molar-refractivity contribution < 1.29 is 9.90 Å². The van der Waals surface area contributed by atoms with Crippen molar-refractivity contribution in [3.63, 3.8) is 0 Å². The minimum Gasteiger partial charge on any atom is -0.508 e. The van der Waals surface area contributed by atoms with E-state index in [-0.39, 0.29) is 5.91 Å². The van der Waals surface area contributed by atoms with Crippen LogP contribution in [0.4, 0.5) is 5.69 Å². The van der Waals surface area contributed by atoms with Gasteiger partial charge in [-0.1, -0.05) is 6.07 Å². The van der Waals surface area contributed by atoms with Crippen LogP contribution in [0.1, 0.15) is 11.1 Å². The van der Waals surface area contributed by atoms with Crippen molar-refractivity contribution in [1.82, 2.24) is 0 Å². The maximum absolute atomic E-state index is 11.5. The van der Waals surface area contributed by atoms with Gasteiger partial charge in [-0.05, 0) is 18.1 Å². The summed E-state index contributed by atoms with van der Waals surface area (Å²) in [5.41, 5.74) is 2.99. The van der Waals surface area contributed by atoms with Gasteiger partial charge >= 0.3 is 0 Å². The summed E-state index contributed by atoms with van der Waals surface area (Å²) in [5.74, 6) is 0.496. The van der Waals surface area contributed by atoms with Crippen LogP contribution in [-0.4, -0.2) is 17.6 Å². The third-order valence-corrected chi connectivity index (χ3v) is 2.84. The number of anilines is 1. The lowest BCUT2D eigenvalue weighted by atomic mass is 10.1. The van der Waals surface area contributed by atoms with Crippen molar-refractivity contribution in [3.05, 3.63) is 23.3 Å². The van der Waals surface area contributed by atoms with Crippen LogP contribution in [0, 0.1) is 0 Å². The number of phenolic OH excluding ortho intramolecular Hbond substituents is 1. The predicted molar refractivity (Wildman–Crippen MR) is 47.9 cm³/mol. The minimum absolute atomic E-state index is 0.166. The van der Waals surface area contributed by atoms with Crippen molar-refractivity contribution in [1.29, 1.82) is 0 Å². The number of carbonyl (C=O) groups is 1. The van der Waals surface area contributed by atoms with E-state index < -0.39 is 0 Å². The van der Waals surface area contributed by atoms with E-state index in [0.29, 0.717) is 12.2 Å². The van der Waals surface area contributed by atoms with E-state index in [1.165, 1.54) is 0 Å².